The zero-order valence-electron chi connectivity index (χ0n) is 16.2. The van der Waals surface area contributed by atoms with Gasteiger partial charge >= 0.3 is 10.4 Å². The van der Waals surface area contributed by atoms with Crippen LogP contribution in [0.25, 0.3) is 10.9 Å². The molecule has 158 valence electrons. The number of rotatable bonds is 4. The predicted molar refractivity (Wildman–Crippen MR) is 109 cm³/mol. The van der Waals surface area contributed by atoms with Gasteiger partial charge in [-0.15, -0.1) is 6.58 Å². The molecule has 8 nitrogen and oxygen atoms in total. The molecule has 3 aliphatic rings. The molecule has 5 atom stereocenters. The zero-order chi connectivity index (χ0) is 21.2. The molecular formula is C20H26N2O6S. The second-order valence-corrected chi connectivity index (χ2v) is 8.32. The highest BCUT2D eigenvalue weighted by Crippen LogP contribution is 2.42. The van der Waals surface area contributed by atoms with Crippen LogP contribution in [0.1, 0.15) is 24.5 Å². The van der Waals surface area contributed by atoms with Gasteiger partial charge in [0.2, 0.25) is 0 Å². The Labute approximate surface area is 170 Å². The minimum atomic E-state index is -4.67. The van der Waals surface area contributed by atoms with E-state index < -0.39 is 16.5 Å². The second kappa shape index (κ2) is 8.76. The van der Waals surface area contributed by atoms with Crippen molar-refractivity contribution in [1.82, 2.24) is 9.88 Å². The highest BCUT2D eigenvalue weighted by molar-refractivity contribution is 7.79. The summed E-state index contributed by atoms with van der Waals surface area (Å²) in [4.78, 5) is 6.86. The lowest BCUT2D eigenvalue weighted by Gasteiger charge is -2.50. The maximum atomic E-state index is 11.2. The first-order valence-corrected chi connectivity index (χ1v) is 10.8. The average Bonchev–Trinajstić information content (AvgIpc) is 2.71. The highest BCUT2D eigenvalue weighted by atomic mass is 32.3. The number of aliphatic hydroxyl groups excluding tert-OH is 1. The van der Waals surface area contributed by atoms with Crippen LogP contribution in [0.5, 0.6) is 5.75 Å². The van der Waals surface area contributed by atoms with E-state index in [4.69, 9.17) is 22.3 Å². The monoisotopic (exact) mass is 422 g/mol. The summed E-state index contributed by atoms with van der Waals surface area (Å²) in [5, 5.41) is 12.1. The van der Waals surface area contributed by atoms with Gasteiger partial charge in [-0.2, -0.15) is 8.42 Å². The van der Waals surface area contributed by atoms with E-state index in [-0.39, 0.29) is 6.04 Å². The Hall–Kier alpha value is -2.04. The maximum absolute atomic E-state index is 11.2. The molecule has 0 amide bonds. The Morgan fingerprint density at radius 2 is 2.07 bits per heavy atom. The van der Waals surface area contributed by atoms with E-state index in [1.165, 1.54) is 6.42 Å². The molecule has 0 saturated carbocycles. The smallest absolute Gasteiger partial charge is 0.394 e. The summed E-state index contributed by atoms with van der Waals surface area (Å²) in [6.07, 6.45) is 5.62. The summed E-state index contributed by atoms with van der Waals surface area (Å²) in [5.74, 6) is 2.01. The van der Waals surface area contributed by atoms with Crippen LogP contribution in [-0.4, -0.2) is 58.8 Å². The Morgan fingerprint density at radius 3 is 2.66 bits per heavy atom. The number of pyridine rings is 1. The third kappa shape index (κ3) is 5.12. The van der Waals surface area contributed by atoms with Gasteiger partial charge in [0.05, 0.1) is 18.7 Å². The van der Waals surface area contributed by atoms with Gasteiger partial charge in [0.15, 0.2) is 0 Å². The van der Waals surface area contributed by atoms with Crippen molar-refractivity contribution in [3.63, 3.8) is 0 Å². The highest BCUT2D eigenvalue weighted by Gasteiger charge is 2.42. The van der Waals surface area contributed by atoms with Crippen LogP contribution < -0.4 is 4.74 Å². The SMILES string of the molecule is C=C[C@@H]1CN2CCC1C[C@@H]2C(O)c1ccnc2ccc(OC)cc12.O=S(=O)(O)O. The number of ether oxygens (including phenoxy) is 1. The Balaban J connectivity index is 0.000000431. The standard InChI is InChI=1S/C20H24N2O2.H2O4S/c1-3-13-12-22-9-7-14(13)10-19(22)20(23)16-6-8-21-18-5-4-15(24-2)11-17(16)18;1-5(2,3)4/h3-6,8,11,13-14,19-20,23H,1,7,9-10,12H2,2H3;(H2,1,2,3,4)/t13-,14?,19-,20?;/m1./s1. The number of aromatic nitrogens is 1. The molecular weight excluding hydrogens is 396 g/mol. The predicted octanol–water partition coefficient (Wildman–Crippen LogP) is 2.52. The number of hydrogen-bond donors (Lipinski definition) is 3. The molecule has 2 bridgehead atoms. The van der Waals surface area contributed by atoms with Crippen LogP contribution >= 0.6 is 0 Å². The third-order valence-corrected chi connectivity index (χ3v) is 5.82. The minimum absolute atomic E-state index is 0.178. The van der Waals surface area contributed by atoms with Crippen molar-refractivity contribution < 1.29 is 27.4 Å². The van der Waals surface area contributed by atoms with Crippen molar-refractivity contribution in [2.24, 2.45) is 11.8 Å². The van der Waals surface area contributed by atoms with E-state index in [0.29, 0.717) is 11.8 Å². The van der Waals surface area contributed by atoms with Gasteiger partial charge in [-0.1, -0.05) is 6.08 Å². The van der Waals surface area contributed by atoms with Crippen LogP contribution in [-0.2, 0) is 10.4 Å². The van der Waals surface area contributed by atoms with Gasteiger partial charge in [0, 0.05) is 24.2 Å². The van der Waals surface area contributed by atoms with Crippen LogP contribution in [0.4, 0.5) is 0 Å². The van der Waals surface area contributed by atoms with Crippen molar-refractivity contribution >= 4 is 21.3 Å². The number of nitrogens with zero attached hydrogens (tertiary/aromatic N) is 2. The molecule has 0 spiro atoms. The number of methoxy groups -OCH3 is 1. The number of hydrogen-bond acceptors (Lipinski definition) is 6. The van der Waals surface area contributed by atoms with E-state index in [1.807, 2.05) is 24.3 Å². The summed E-state index contributed by atoms with van der Waals surface area (Å²) in [6, 6.07) is 7.96. The minimum Gasteiger partial charge on any atom is -0.497 e. The van der Waals surface area contributed by atoms with E-state index in [0.717, 1.165) is 41.7 Å². The first-order valence-electron chi connectivity index (χ1n) is 9.38. The lowest BCUT2D eigenvalue weighted by Crippen LogP contribution is -2.54. The Kier molecular flexibility index (Phi) is 6.55. The fraction of sp³-hybridized carbons (Fsp3) is 0.450. The van der Waals surface area contributed by atoms with E-state index in [9.17, 15) is 5.11 Å². The van der Waals surface area contributed by atoms with E-state index in [1.54, 1.807) is 13.3 Å². The second-order valence-electron chi connectivity index (χ2n) is 7.42. The summed E-state index contributed by atoms with van der Waals surface area (Å²) in [6.45, 7) is 6.07. The van der Waals surface area contributed by atoms with Crippen LogP contribution in [0.3, 0.4) is 0 Å². The van der Waals surface area contributed by atoms with Gasteiger partial charge in [0.25, 0.3) is 0 Å². The molecule has 3 saturated heterocycles. The fourth-order valence-electron chi connectivity index (χ4n) is 4.44. The normalized spacial score (nSPS) is 27.0. The van der Waals surface area contributed by atoms with E-state index >= 15 is 0 Å². The molecule has 0 aliphatic carbocycles. The van der Waals surface area contributed by atoms with Crippen molar-refractivity contribution in [3.8, 4) is 5.75 Å². The maximum Gasteiger partial charge on any atom is 0.394 e. The quantitative estimate of drug-likeness (QED) is 0.508. The lowest BCUT2D eigenvalue weighted by atomic mass is 9.73. The van der Waals surface area contributed by atoms with Crippen molar-refractivity contribution in [2.75, 3.05) is 20.2 Å². The van der Waals surface area contributed by atoms with Gasteiger partial charge in [0.1, 0.15) is 5.75 Å². The first kappa shape index (κ1) is 21.7. The summed E-state index contributed by atoms with van der Waals surface area (Å²) in [7, 11) is -3.01. The summed E-state index contributed by atoms with van der Waals surface area (Å²) >= 11 is 0. The topological polar surface area (TPSA) is 120 Å². The molecule has 4 heterocycles. The average molecular weight is 423 g/mol. The molecule has 9 heteroatoms. The van der Waals surface area contributed by atoms with Gasteiger partial charge in [-0.05, 0) is 61.1 Å². The van der Waals surface area contributed by atoms with Gasteiger partial charge in [-0.3, -0.25) is 19.0 Å². The Bertz CT molecular complexity index is 972. The molecule has 3 aliphatic heterocycles. The number of aliphatic hydroxyl groups is 1. The summed E-state index contributed by atoms with van der Waals surface area (Å²) < 4.78 is 36.9. The molecule has 5 rings (SSSR count). The zero-order valence-corrected chi connectivity index (χ0v) is 17.0. The number of benzene rings is 1. The number of piperidine rings is 3. The van der Waals surface area contributed by atoms with Crippen molar-refractivity contribution in [3.05, 3.63) is 48.7 Å². The largest absolute Gasteiger partial charge is 0.497 e. The van der Waals surface area contributed by atoms with Crippen molar-refractivity contribution in [2.45, 2.75) is 25.0 Å². The molecule has 1 aromatic heterocycles. The molecule has 29 heavy (non-hydrogen) atoms. The lowest BCUT2D eigenvalue weighted by molar-refractivity contribution is -0.0444. The van der Waals surface area contributed by atoms with E-state index in [2.05, 4.69) is 22.5 Å². The molecule has 1 aromatic carbocycles. The third-order valence-electron chi connectivity index (χ3n) is 5.82. The molecule has 3 fully saturated rings. The molecule has 3 unspecified atom stereocenters. The van der Waals surface area contributed by atoms with Crippen LogP contribution in [0.15, 0.2) is 43.1 Å². The molecule has 2 aromatic rings. The van der Waals surface area contributed by atoms with Gasteiger partial charge < -0.3 is 9.84 Å². The number of fused-ring (bicyclic) bond motifs is 4. The molecule has 0 radical (unpaired) electrons. The van der Waals surface area contributed by atoms with Crippen molar-refractivity contribution in [1.29, 1.82) is 0 Å². The summed E-state index contributed by atoms with van der Waals surface area (Å²) in [5.41, 5.74) is 1.85. The molecule has 3 N–H and O–H groups in total. The first-order chi connectivity index (χ1) is 13.7. The van der Waals surface area contributed by atoms with Crippen LogP contribution in [0, 0.1) is 11.8 Å². The van der Waals surface area contributed by atoms with Crippen LogP contribution in [0.2, 0.25) is 0 Å². The van der Waals surface area contributed by atoms with Gasteiger partial charge in [-0.25, -0.2) is 0 Å². The fourth-order valence-corrected chi connectivity index (χ4v) is 4.44. The Morgan fingerprint density at radius 1 is 1.34 bits per heavy atom.